The van der Waals surface area contributed by atoms with Gasteiger partial charge in [0.25, 0.3) is 10.0 Å². The average Bonchev–Trinajstić information content (AvgIpc) is 3.30. The second-order valence-corrected chi connectivity index (χ2v) is 10.2. The molecule has 0 spiro atoms. The SMILES string of the molecule is COc1cccc([C@H]2Nc3ccc(S(=O)(=O)Nc4ccccc4Cl)cc3[C@H]3C=CC[C@H]32)c1. The molecule has 0 radical (unpaired) electrons. The smallest absolute Gasteiger partial charge is 0.261 e. The van der Waals surface area contributed by atoms with E-state index in [9.17, 15) is 8.42 Å². The van der Waals surface area contributed by atoms with E-state index in [1.807, 2.05) is 18.2 Å². The van der Waals surface area contributed by atoms with Gasteiger partial charge in [0.15, 0.2) is 0 Å². The first-order valence-corrected chi connectivity index (χ1v) is 12.3. The maximum absolute atomic E-state index is 13.1. The standard InChI is InChI=1S/C25H23ClN2O3S/c1-31-17-7-4-6-16(14-17)25-20-9-5-8-19(20)21-15-18(12-13-23(21)27-25)32(29,30)28-24-11-3-2-10-22(24)26/h2-8,10-15,19-20,25,27-28H,9H2,1H3/t19-,20+,25+/m0/s1. The summed E-state index contributed by atoms with van der Waals surface area (Å²) >= 11 is 6.15. The van der Waals surface area contributed by atoms with Crippen molar-refractivity contribution in [3.8, 4) is 5.75 Å². The van der Waals surface area contributed by atoms with Gasteiger partial charge in [-0.1, -0.05) is 48.0 Å². The zero-order valence-electron chi connectivity index (χ0n) is 17.5. The molecule has 32 heavy (non-hydrogen) atoms. The molecule has 0 saturated heterocycles. The first kappa shape index (κ1) is 20.9. The number of para-hydroxylation sites is 1. The van der Waals surface area contributed by atoms with Gasteiger partial charge in [0.05, 0.1) is 28.8 Å². The van der Waals surface area contributed by atoms with Crippen LogP contribution in [0.25, 0.3) is 0 Å². The molecule has 3 aromatic rings. The molecule has 0 unspecified atom stereocenters. The van der Waals surface area contributed by atoms with Crippen molar-refractivity contribution in [1.82, 2.24) is 0 Å². The molecule has 0 fully saturated rings. The molecule has 0 amide bonds. The predicted molar refractivity (Wildman–Crippen MR) is 128 cm³/mol. The van der Waals surface area contributed by atoms with Crippen LogP contribution in [0.4, 0.5) is 11.4 Å². The second kappa shape index (κ2) is 8.19. The Labute approximate surface area is 193 Å². The van der Waals surface area contributed by atoms with Crippen LogP contribution in [0.3, 0.4) is 0 Å². The number of sulfonamides is 1. The van der Waals surface area contributed by atoms with Gasteiger partial charge in [-0.15, -0.1) is 0 Å². The summed E-state index contributed by atoms with van der Waals surface area (Å²) in [6.07, 6.45) is 5.30. The number of allylic oxidation sites excluding steroid dienone is 2. The first-order chi connectivity index (χ1) is 15.5. The van der Waals surface area contributed by atoms with Crippen molar-refractivity contribution in [3.05, 3.63) is 95.0 Å². The van der Waals surface area contributed by atoms with E-state index < -0.39 is 10.0 Å². The third-order valence-corrected chi connectivity index (χ3v) is 7.91. The Balaban J connectivity index is 1.50. The van der Waals surface area contributed by atoms with E-state index in [-0.39, 0.29) is 16.9 Å². The fourth-order valence-electron chi connectivity index (χ4n) is 4.65. The van der Waals surface area contributed by atoms with Gasteiger partial charge in [-0.25, -0.2) is 8.42 Å². The fourth-order valence-corrected chi connectivity index (χ4v) is 6.01. The molecule has 2 aliphatic rings. The largest absolute Gasteiger partial charge is 0.497 e. The fraction of sp³-hybridized carbons (Fsp3) is 0.200. The summed E-state index contributed by atoms with van der Waals surface area (Å²) in [4.78, 5) is 0.219. The summed E-state index contributed by atoms with van der Waals surface area (Å²) in [5.74, 6) is 1.26. The molecule has 0 aromatic heterocycles. The number of rotatable bonds is 5. The minimum absolute atomic E-state index is 0.112. The summed E-state index contributed by atoms with van der Waals surface area (Å²) in [6.45, 7) is 0. The van der Waals surface area contributed by atoms with Gasteiger partial charge >= 0.3 is 0 Å². The quantitative estimate of drug-likeness (QED) is 0.454. The number of methoxy groups -OCH3 is 1. The molecular weight excluding hydrogens is 444 g/mol. The van der Waals surface area contributed by atoms with E-state index in [1.165, 1.54) is 0 Å². The van der Waals surface area contributed by atoms with E-state index in [2.05, 4.69) is 34.3 Å². The molecule has 1 aliphatic heterocycles. The lowest BCUT2D eigenvalue weighted by molar-refractivity contribution is 0.406. The molecule has 1 heterocycles. The molecule has 3 atom stereocenters. The van der Waals surface area contributed by atoms with Crippen LogP contribution in [0.15, 0.2) is 83.8 Å². The highest BCUT2D eigenvalue weighted by Crippen LogP contribution is 2.50. The van der Waals surface area contributed by atoms with E-state index in [0.29, 0.717) is 16.6 Å². The first-order valence-electron chi connectivity index (χ1n) is 10.4. The third kappa shape index (κ3) is 3.74. The monoisotopic (exact) mass is 466 g/mol. The lowest BCUT2D eigenvalue weighted by Crippen LogP contribution is -2.29. The van der Waals surface area contributed by atoms with Gasteiger partial charge in [-0.05, 0) is 65.9 Å². The van der Waals surface area contributed by atoms with Crippen molar-refractivity contribution in [2.75, 3.05) is 17.1 Å². The molecule has 164 valence electrons. The number of halogens is 1. The number of benzene rings is 3. The van der Waals surface area contributed by atoms with Crippen molar-refractivity contribution in [2.24, 2.45) is 5.92 Å². The Hall–Kier alpha value is -2.96. The zero-order valence-corrected chi connectivity index (χ0v) is 19.0. The summed E-state index contributed by atoms with van der Waals surface area (Å²) in [5, 5.41) is 4.00. The number of anilines is 2. The molecule has 0 saturated carbocycles. The number of hydrogen-bond acceptors (Lipinski definition) is 4. The van der Waals surface area contributed by atoms with Gasteiger partial charge in [0, 0.05) is 11.6 Å². The van der Waals surface area contributed by atoms with Gasteiger partial charge in [-0.3, -0.25) is 4.72 Å². The van der Waals surface area contributed by atoms with Crippen LogP contribution in [0.2, 0.25) is 5.02 Å². The van der Waals surface area contributed by atoms with Crippen LogP contribution in [0.1, 0.15) is 29.5 Å². The predicted octanol–water partition coefficient (Wildman–Crippen LogP) is 5.98. The lowest BCUT2D eigenvalue weighted by atomic mass is 9.77. The van der Waals surface area contributed by atoms with Crippen molar-refractivity contribution < 1.29 is 13.2 Å². The van der Waals surface area contributed by atoms with Crippen LogP contribution in [0, 0.1) is 5.92 Å². The topological polar surface area (TPSA) is 67.4 Å². The van der Waals surface area contributed by atoms with Gasteiger partial charge in [0.1, 0.15) is 5.75 Å². The minimum Gasteiger partial charge on any atom is -0.497 e. The van der Waals surface area contributed by atoms with Gasteiger partial charge < -0.3 is 10.1 Å². The van der Waals surface area contributed by atoms with Gasteiger partial charge in [-0.2, -0.15) is 0 Å². The number of nitrogens with one attached hydrogen (secondary N) is 2. The normalized spacial score (nSPS) is 21.4. The summed E-state index contributed by atoms with van der Waals surface area (Å²) in [7, 11) is -2.11. The second-order valence-electron chi connectivity index (χ2n) is 8.09. The van der Waals surface area contributed by atoms with Crippen molar-refractivity contribution >= 4 is 33.0 Å². The Kier molecular flexibility index (Phi) is 5.35. The Morgan fingerprint density at radius 1 is 1.06 bits per heavy atom. The maximum Gasteiger partial charge on any atom is 0.261 e. The summed E-state index contributed by atoms with van der Waals surface area (Å²) in [5.41, 5.74) is 3.46. The highest BCUT2D eigenvalue weighted by atomic mass is 35.5. The Morgan fingerprint density at radius 2 is 1.91 bits per heavy atom. The third-order valence-electron chi connectivity index (χ3n) is 6.22. The van der Waals surface area contributed by atoms with Crippen LogP contribution < -0.4 is 14.8 Å². The zero-order chi connectivity index (χ0) is 22.3. The van der Waals surface area contributed by atoms with E-state index in [4.69, 9.17) is 16.3 Å². The number of ether oxygens (including phenoxy) is 1. The van der Waals surface area contributed by atoms with E-state index in [1.54, 1.807) is 43.5 Å². The summed E-state index contributed by atoms with van der Waals surface area (Å²) in [6, 6.07) is 20.3. The number of hydrogen-bond donors (Lipinski definition) is 2. The highest BCUT2D eigenvalue weighted by molar-refractivity contribution is 7.92. The Bertz CT molecular complexity index is 1310. The van der Waals surface area contributed by atoms with Crippen LogP contribution >= 0.6 is 11.6 Å². The molecule has 7 heteroatoms. The van der Waals surface area contributed by atoms with Crippen LogP contribution in [-0.4, -0.2) is 15.5 Å². The van der Waals surface area contributed by atoms with Crippen molar-refractivity contribution in [3.63, 3.8) is 0 Å². The van der Waals surface area contributed by atoms with Crippen molar-refractivity contribution in [1.29, 1.82) is 0 Å². The van der Waals surface area contributed by atoms with Crippen molar-refractivity contribution in [2.45, 2.75) is 23.3 Å². The minimum atomic E-state index is -3.78. The molecular formula is C25H23ClN2O3S. The molecule has 3 aromatic carbocycles. The lowest BCUT2D eigenvalue weighted by Gasteiger charge is -2.37. The van der Waals surface area contributed by atoms with Crippen LogP contribution in [-0.2, 0) is 10.0 Å². The molecule has 5 nitrogen and oxygen atoms in total. The van der Waals surface area contributed by atoms with E-state index in [0.717, 1.165) is 29.0 Å². The molecule has 1 aliphatic carbocycles. The van der Waals surface area contributed by atoms with Crippen LogP contribution in [0.5, 0.6) is 5.75 Å². The molecule has 5 rings (SSSR count). The Morgan fingerprint density at radius 3 is 2.72 bits per heavy atom. The maximum atomic E-state index is 13.1. The highest BCUT2D eigenvalue weighted by Gasteiger charge is 2.38. The summed E-state index contributed by atoms with van der Waals surface area (Å²) < 4.78 is 34.1. The van der Waals surface area contributed by atoms with E-state index >= 15 is 0 Å². The van der Waals surface area contributed by atoms with Gasteiger partial charge in [0.2, 0.25) is 0 Å². The number of fused-ring (bicyclic) bond motifs is 3. The molecule has 2 N–H and O–H groups in total. The average molecular weight is 467 g/mol. The molecule has 0 bridgehead atoms.